The molecule has 2 aromatic carbocycles. The Hall–Kier alpha value is -1.79. The van der Waals surface area contributed by atoms with Crippen molar-refractivity contribution < 1.29 is 9.53 Å². The maximum Gasteiger partial charge on any atom is 0.407 e. The smallest absolute Gasteiger partial charge is 0.407 e. The minimum atomic E-state index is -0.457. The maximum atomic E-state index is 11.6. The van der Waals surface area contributed by atoms with E-state index in [4.69, 9.17) is 10.5 Å². The van der Waals surface area contributed by atoms with Gasteiger partial charge in [0.2, 0.25) is 0 Å². The summed E-state index contributed by atoms with van der Waals surface area (Å²) >= 11 is 6.81. The average molecular weight is 440 g/mol. The fourth-order valence-electron chi connectivity index (χ4n) is 1.84. The fraction of sp³-hybridized carbons (Fsp3) is 0.118. The van der Waals surface area contributed by atoms with Crippen LogP contribution in [-0.4, -0.2) is 12.6 Å². The molecule has 0 aliphatic rings. The Kier molecular flexibility index (Phi) is 6.67. The molecule has 120 valence electrons. The van der Waals surface area contributed by atoms with Gasteiger partial charge in [0, 0.05) is 15.5 Å². The summed E-state index contributed by atoms with van der Waals surface area (Å²) in [5.74, 6) is 0. The second-order valence-electron chi connectivity index (χ2n) is 4.74. The summed E-state index contributed by atoms with van der Waals surface area (Å²) in [4.78, 5) is 11.6. The first-order valence-electron chi connectivity index (χ1n) is 6.92. The lowest BCUT2D eigenvalue weighted by Gasteiger charge is -2.06. The molecule has 6 heteroatoms. The van der Waals surface area contributed by atoms with Crippen LogP contribution in [0.5, 0.6) is 0 Å². The molecule has 0 aromatic heterocycles. The van der Waals surface area contributed by atoms with Crippen molar-refractivity contribution in [3.63, 3.8) is 0 Å². The molecule has 0 unspecified atom stereocenters. The zero-order chi connectivity index (χ0) is 16.7. The van der Waals surface area contributed by atoms with E-state index >= 15 is 0 Å². The third-order valence-electron chi connectivity index (χ3n) is 3.00. The molecule has 23 heavy (non-hydrogen) atoms. The van der Waals surface area contributed by atoms with E-state index in [0.717, 1.165) is 20.1 Å². The van der Waals surface area contributed by atoms with Crippen molar-refractivity contribution >= 4 is 49.7 Å². The highest BCUT2D eigenvalue weighted by atomic mass is 79.9. The highest BCUT2D eigenvalue weighted by Crippen LogP contribution is 2.28. The third kappa shape index (κ3) is 5.73. The lowest BCUT2D eigenvalue weighted by Crippen LogP contribution is -2.24. The van der Waals surface area contributed by atoms with Crippen molar-refractivity contribution in [2.45, 2.75) is 6.61 Å². The van der Waals surface area contributed by atoms with Crippen LogP contribution >= 0.6 is 31.9 Å². The lowest BCUT2D eigenvalue weighted by atomic mass is 10.1. The molecule has 0 heterocycles. The predicted molar refractivity (Wildman–Crippen MR) is 99.9 cm³/mol. The molecule has 3 N–H and O–H groups in total. The van der Waals surface area contributed by atoms with E-state index in [1.54, 1.807) is 0 Å². The molecule has 4 nitrogen and oxygen atoms in total. The normalized spacial score (nSPS) is 10.7. The van der Waals surface area contributed by atoms with Gasteiger partial charge in [-0.1, -0.05) is 58.4 Å². The van der Waals surface area contributed by atoms with E-state index < -0.39 is 6.09 Å². The Morgan fingerprint density at radius 2 is 1.96 bits per heavy atom. The molecule has 0 aliphatic heterocycles. The van der Waals surface area contributed by atoms with Gasteiger partial charge in [-0.15, -0.1) is 0 Å². The van der Waals surface area contributed by atoms with Crippen molar-refractivity contribution in [1.82, 2.24) is 5.32 Å². The molecule has 0 saturated heterocycles. The van der Waals surface area contributed by atoms with E-state index in [1.165, 1.54) is 0 Å². The van der Waals surface area contributed by atoms with Crippen LogP contribution in [0.3, 0.4) is 0 Å². The number of nitrogens with one attached hydrogen (secondary N) is 1. The Bertz CT molecular complexity index is 703. The van der Waals surface area contributed by atoms with Crippen molar-refractivity contribution in [1.29, 1.82) is 0 Å². The largest absolute Gasteiger partial charge is 0.445 e. The summed E-state index contributed by atoms with van der Waals surface area (Å²) in [6.07, 6.45) is 3.21. The fourth-order valence-corrected chi connectivity index (χ4v) is 3.10. The molecule has 0 radical (unpaired) electrons. The maximum absolute atomic E-state index is 11.6. The SMILES string of the molecule is Nc1c(Br)cc(Br)cc1C=CCNC(=O)OCc1ccccc1. The van der Waals surface area contributed by atoms with Crippen molar-refractivity contribution in [3.8, 4) is 0 Å². The first-order chi connectivity index (χ1) is 11.1. The zero-order valence-electron chi connectivity index (χ0n) is 12.3. The van der Waals surface area contributed by atoms with Crippen molar-refractivity contribution in [2.75, 3.05) is 12.3 Å². The van der Waals surface area contributed by atoms with Gasteiger partial charge >= 0.3 is 6.09 Å². The van der Waals surface area contributed by atoms with Crippen molar-refractivity contribution in [3.05, 3.63) is 68.6 Å². The highest BCUT2D eigenvalue weighted by Gasteiger charge is 2.03. The van der Waals surface area contributed by atoms with E-state index in [0.29, 0.717) is 12.2 Å². The number of benzene rings is 2. The van der Waals surface area contributed by atoms with E-state index in [2.05, 4.69) is 37.2 Å². The van der Waals surface area contributed by atoms with Crippen LogP contribution in [0.2, 0.25) is 0 Å². The summed E-state index contributed by atoms with van der Waals surface area (Å²) in [6.45, 7) is 0.610. The summed E-state index contributed by atoms with van der Waals surface area (Å²) in [7, 11) is 0. The second-order valence-corrected chi connectivity index (χ2v) is 6.51. The topological polar surface area (TPSA) is 64.3 Å². The minimum absolute atomic E-state index is 0.252. The Morgan fingerprint density at radius 3 is 2.70 bits per heavy atom. The summed E-state index contributed by atoms with van der Waals surface area (Å²) in [6, 6.07) is 13.3. The number of halogens is 2. The van der Waals surface area contributed by atoms with Crippen LogP contribution in [0.1, 0.15) is 11.1 Å². The van der Waals surface area contributed by atoms with Crippen LogP contribution in [0, 0.1) is 0 Å². The van der Waals surface area contributed by atoms with Gasteiger partial charge in [0.15, 0.2) is 0 Å². The number of nitrogen functional groups attached to an aromatic ring is 1. The molecule has 0 bridgehead atoms. The quantitative estimate of drug-likeness (QED) is 0.661. The molecule has 0 fully saturated rings. The van der Waals surface area contributed by atoms with Gasteiger partial charge in [0.1, 0.15) is 6.61 Å². The summed E-state index contributed by atoms with van der Waals surface area (Å²) in [5, 5.41) is 2.66. The predicted octanol–water partition coefficient (Wildman–Crippen LogP) is 4.73. The van der Waals surface area contributed by atoms with Crippen LogP contribution in [0.4, 0.5) is 10.5 Å². The number of anilines is 1. The monoisotopic (exact) mass is 438 g/mol. The molecule has 2 rings (SSSR count). The number of carbonyl (C=O) groups is 1. The Labute approximate surface area is 152 Å². The molecule has 0 aliphatic carbocycles. The van der Waals surface area contributed by atoms with Crippen LogP contribution in [-0.2, 0) is 11.3 Å². The van der Waals surface area contributed by atoms with E-state index in [-0.39, 0.29) is 6.61 Å². The minimum Gasteiger partial charge on any atom is -0.445 e. The highest BCUT2D eigenvalue weighted by molar-refractivity contribution is 9.11. The van der Waals surface area contributed by atoms with E-state index in [1.807, 2.05) is 54.6 Å². The first-order valence-corrected chi connectivity index (χ1v) is 8.50. The third-order valence-corrected chi connectivity index (χ3v) is 4.11. The molecule has 2 aromatic rings. The summed E-state index contributed by atoms with van der Waals surface area (Å²) in [5.41, 5.74) is 8.44. The Balaban J connectivity index is 1.79. The van der Waals surface area contributed by atoms with Crippen LogP contribution in [0.15, 0.2) is 57.5 Å². The average Bonchev–Trinajstić information content (AvgIpc) is 2.54. The lowest BCUT2D eigenvalue weighted by molar-refractivity contribution is 0.141. The number of nitrogens with two attached hydrogens (primary N) is 1. The number of hydrogen-bond acceptors (Lipinski definition) is 3. The van der Waals surface area contributed by atoms with Gasteiger partial charge in [-0.2, -0.15) is 0 Å². The van der Waals surface area contributed by atoms with Gasteiger partial charge in [0.05, 0.1) is 5.69 Å². The molecular formula is C17H16Br2N2O2. The second kappa shape index (κ2) is 8.74. The number of ether oxygens (including phenoxy) is 1. The number of hydrogen-bond donors (Lipinski definition) is 2. The molecule has 0 saturated carbocycles. The number of alkyl carbamates (subject to hydrolysis) is 1. The van der Waals surface area contributed by atoms with Gasteiger partial charge in [-0.3, -0.25) is 0 Å². The molecule has 0 atom stereocenters. The number of amides is 1. The van der Waals surface area contributed by atoms with Crippen LogP contribution < -0.4 is 11.1 Å². The zero-order valence-corrected chi connectivity index (χ0v) is 15.4. The van der Waals surface area contributed by atoms with Gasteiger partial charge in [-0.05, 0) is 39.2 Å². The molecule has 1 amide bonds. The van der Waals surface area contributed by atoms with Crippen molar-refractivity contribution in [2.24, 2.45) is 0 Å². The summed E-state index contributed by atoms with van der Waals surface area (Å²) < 4.78 is 6.86. The molecular weight excluding hydrogens is 424 g/mol. The van der Waals surface area contributed by atoms with Gasteiger partial charge in [-0.25, -0.2) is 4.79 Å². The Morgan fingerprint density at radius 1 is 1.22 bits per heavy atom. The molecule has 0 spiro atoms. The number of carbonyl (C=O) groups excluding carboxylic acids is 1. The van der Waals surface area contributed by atoms with Crippen LogP contribution in [0.25, 0.3) is 6.08 Å². The standard InChI is InChI=1S/C17H16Br2N2O2/c18-14-9-13(16(20)15(19)10-14)7-4-8-21-17(22)23-11-12-5-2-1-3-6-12/h1-7,9-10H,8,11,20H2,(H,21,22). The first kappa shape index (κ1) is 17.6. The van der Waals surface area contributed by atoms with Gasteiger partial charge in [0.25, 0.3) is 0 Å². The number of rotatable bonds is 5. The van der Waals surface area contributed by atoms with E-state index in [9.17, 15) is 4.79 Å². The van der Waals surface area contributed by atoms with Gasteiger partial charge < -0.3 is 15.8 Å².